The number of carboxylic acids is 1. The first kappa shape index (κ1) is 20.2. The summed E-state index contributed by atoms with van der Waals surface area (Å²) in [7, 11) is 0. The number of carbonyl (C=O) groups excluding carboxylic acids is 1. The lowest BCUT2D eigenvalue weighted by atomic mass is 9.95. The molecule has 0 radical (unpaired) electrons. The van der Waals surface area contributed by atoms with Gasteiger partial charge in [0.05, 0.1) is 17.3 Å². The van der Waals surface area contributed by atoms with Crippen molar-refractivity contribution in [3.05, 3.63) is 105 Å². The molecular weight excluding hydrogens is 470 g/mol. The third-order valence-electron chi connectivity index (χ3n) is 5.67. The summed E-state index contributed by atoms with van der Waals surface area (Å²) in [6.45, 7) is 2.02. The van der Waals surface area contributed by atoms with Crippen LogP contribution in [0.4, 0.5) is 5.69 Å². The van der Waals surface area contributed by atoms with Gasteiger partial charge < -0.3 is 5.11 Å². The van der Waals surface area contributed by atoms with Crippen molar-refractivity contribution < 1.29 is 14.7 Å². The molecule has 1 aliphatic rings. The molecule has 6 nitrogen and oxygen atoms in total. The van der Waals surface area contributed by atoms with Crippen molar-refractivity contribution in [3.63, 3.8) is 0 Å². The number of aromatic nitrogens is 2. The van der Waals surface area contributed by atoms with E-state index in [1.54, 1.807) is 17.0 Å². The van der Waals surface area contributed by atoms with Gasteiger partial charge in [-0.1, -0.05) is 57.9 Å². The number of aromatic carboxylic acids is 1. The van der Waals surface area contributed by atoms with Gasteiger partial charge in [0.1, 0.15) is 5.69 Å². The summed E-state index contributed by atoms with van der Waals surface area (Å²) < 4.78 is 0.939. The number of halogens is 1. The fourth-order valence-electron chi connectivity index (χ4n) is 4.07. The van der Waals surface area contributed by atoms with Gasteiger partial charge in [-0.2, -0.15) is 5.10 Å². The van der Waals surface area contributed by atoms with Crippen LogP contribution in [0.25, 0.3) is 11.3 Å². The lowest BCUT2D eigenvalue weighted by molar-refractivity contribution is 0.0696. The van der Waals surface area contributed by atoms with Crippen LogP contribution in [0.2, 0.25) is 0 Å². The van der Waals surface area contributed by atoms with E-state index >= 15 is 0 Å². The molecule has 1 amide bonds. The van der Waals surface area contributed by atoms with Gasteiger partial charge in [0.15, 0.2) is 0 Å². The number of aromatic amines is 1. The standard InChI is InChI=1S/C25H18BrN3O3/c1-14-2-4-15(5-3-14)21-20-22(28-27-21)24(30)29(19-12-8-17(9-13-19)25(31)32)23(20)16-6-10-18(26)11-7-16/h2-13,23H,1H3,(H,27,28)(H,31,32)/t23-/m0/s1. The lowest BCUT2D eigenvalue weighted by Gasteiger charge is -2.26. The van der Waals surface area contributed by atoms with Crippen molar-refractivity contribution in [2.45, 2.75) is 13.0 Å². The molecule has 1 aromatic heterocycles. The van der Waals surface area contributed by atoms with Crippen molar-refractivity contribution >= 4 is 33.5 Å². The highest BCUT2D eigenvalue weighted by molar-refractivity contribution is 9.10. The average Bonchev–Trinajstić information content (AvgIpc) is 3.34. The number of benzene rings is 3. The molecule has 0 spiro atoms. The molecule has 1 atom stereocenters. The number of H-pyrrole nitrogens is 1. The zero-order valence-electron chi connectivity index (χ0n) is 17.0. The average molecular weight is 488 g/mol. The number of hydrogen-bond acceptors (Lipinski definition) is 3. The molecule has 4 aromatic rings. The number of amides is 1. The Labute approximate surface area is 192 Å². The van der Waals surface area contributed by atoms with E-state index in [-0.39, 0.29) is 11.5 Å². The van der Waals surface area contributed by atoms with Crippen LogP contribution >= 0.6 is 15.9 Å². The number of hydrogen-bond donors (Lipinski definition) is 2. The predicted molar refractivity (Wildman–Crippen MR) is 125 cm³/mol. The van der Waals surface area contributed by atoms with Crippen LogP contribution < -0.4 is 4.90 Å². The Morgan fingerprint density at radius 1 is 1.00 bits per heavy atom. The molecule has 1 aliphatic heterocycles. The highest BCUT2D eigenvalue weighted by Gasteiger charge is 2.43. The van der Waals surface area contributed by atoms with Crippen LogP contribution in [0.5, 0.6) is 0 Å². The highest BCUT2D eigenvalue weighted by Crippen LogP contribution is 2.45. The monoisotopic (exact) mass is 487 g/mol. The Balaban J connectivity index is 1.68. The first-order valence-corrected chi connectivity index (χ1v) is 10.8. The summed E-state index contributed by atoms with van der Waals surface area (Å²) in [4.78, 5) is 26.5. The molecule has 0 aliphatic carbocycles. The largest absolute Gasteiger partial charge is 0.478 e. The smallest absolute Gasteiger partial charge is 0.335 e. The summed E-state index contributed by atoms with van der Waals surface area (Å²) in [5, 5.41) is 16.7. The van der Waals surface area contributed by atoms with Crippen LogP contribution in [0.3, 0.4) is 0 Å². The zero-order valence-corrected chi connectivity index (χ0v) is 18.6. The van der Waals surface area contributed by atoms with Crippen LogP contribution in [-0.2, 0) is 0 Å². The van der Waals surface area contributed by atoms with Gasteiger partial charge >= 0.3 is 5.97 Å². The Morgan fingerprint density at radius 3 is 2.28 bits per heavy atom. The minimum atomic E-state index is -1.01. The van der Waals surface area contributed by atoms with Crippen LogP contribution in [0.15, 0.2) is 77.3 Å². The Bertz CT molecular complexity index is 1330. The molecule has 0 saturated carbocycles. The Kier molecular flexibility index (Phi) is 4.90. The maximum absolute atomic E-state index is 13.5. The highest BCUT2D eigenvalue weighted by atomic mass is 79.9. The van der Waals surface area contributed by atoms with Gasteiger partial charge in [-0.3, -0.25) is 14.8 Å². The number of nitrogens with zero attached hydrogens (tertiary/aromatic N) is 2. The topological polar surface area (TPSA) is 86.3 Å². The van der Waals surface area contributed by atoms with Gasteiger partial charge in [0, 0.05) is 21.3 Å². The van der Waals surface area contributed by atoms with E-state index in [9.17, 15) is 14.7 Å². The molecule has 158 valence electrons. The third kappa shape index (κ3) is 3.31. The normalized spacial score (nSPS) is 15.1. The molecule has 5 rings (SSSR count). The molecule has 3 aromatic carbocycles. The predicted octanol–water partition coefficient (Wildman–Crippen LogP) is 5.60. The fraction of sp³-hybridized carbons (Fsp3) is 0.0800. The summed E-state index contributed by atoms with van der Waals surface area (Å²) in [5.74, 6) is -1.22. The molecule has 0 unspecified atom stereocenters. The van der Waals surface area contributed by atoms with Gasteiger partial charge in [-0.25, -0.2) is 4.79 Å². The number of carboxylic acid groups (broad SMARTS) is 1. The summed E-state index contributed by atoms with van der Waals surface area (Å²) in [6.07, 6.45) is 0. The molecule has 0 fully saturated rings. The number of rotatable bonds is 4. The van der Waals surface area contributed by atoms with Crippen molar-refractivity contribution in [1.82, 2.24) is 10.2 Å². The summed E-state index contributed by atoms with van der Waals surface area (Å²) in [6, 6.07) is 21.8. The minimum Gasteiger partial charge on any atom is -0.478 e. The molecule has 0 bridgehead atoms. The lowest BCUT2D eigenvalue weighted by Crippen LogP contribution is -2.29. The number of carbonyl (C=O) groups is 2. The van der Waals surface area contributed by atoms with E-state index in [2.05, 4.69) is 26.1 Å². The molecular formula is C25H18BrN3O3. The number of nitrogens with one attached hydrogen (secondary N) is 1. The van der Waals surface area contributed by atoms with Gasteiger partial charge in [0.25, 0.3) is 5.91 Å². The van der Waals surface area contributed by atoms with E-state index in [0.717, 1.165) is 32.4 Å². The number of fused-ring (bicyclic) bond motifs is 1. The SMILES string of the molecule is Cc1ccc(-c2n[nH]c3c2[C@H](c2ccc(Br)cc2)N(c2ccc(C(=O)O)cc2)C3=O)cc1. The number of aryl methyl sites for hydroxylation is 1. The number of anilines is 1. The fourth-order valence-corrected chi connectivity index (χ4v) is 4.33. The van der Waals surface area contributed by atoms with Crippen LogP contribution in [0, 0.1) is 6.92 Å². The zero-order chi connectivity index (χ0) is 22.4. The van der Waals surface area contributed by atoms with Crippen LogP contribution in [-0.4, -0.2) is 27.2 Å². The Morgan fingerprint density at radius 2 is 1.66 bits per heavy atom. The van der Waals surface area contributed by atoms with E-state index in [1.165, 1.54) is 12.1 Å². The first-order chi connectivity index (χ1) is 15.4. The summed E-state index contributed by atoms with van der Waals surface area (Å²) >= 11 is 3.47. The Hall–Kier alpha value is -3.71. The van der Waals surface area contributed by atoms with Crippen LogP contribution in [0.1, 0.15) is 43.6 Å². The molecule has 32 heavy (non-hydrogen) atoms. The second kappa shape index (κ2) is 7.76. The van der Waals surface area contributed by atoms with E-state index in [0.29, 0.717) is 11.4 Å². The van der Waals surface area contributed by atoms with E-state index in [4.69, 9.17) is 0 Å². The van der Waals surface area contributed by atoms with Crippen molar-refractivity contribution in [1.29, 1.82) is 0 Å². The minimum absolute atomic E-state index is 0.168. The third-order valence-corrected chi connectivity index (χ3v) is 6.20. The van der Waals surface area contributed by atoms with E-state index in [1.807, 2.05) is 55.5 Å². The molecule has 2 N–H and O–H groups in total. The van der Waals surface area contributed by atoms with Crippen molar-refractivity contribution in [2.24, 2.45) is 0 Å². The maximum atomic E-state index is 13.5. The van der Waals surface area contributed by atoms with Gasteiger partial charge in [-0.05, 0) is 48.9 Å². The van der Waals surface area contributed by atoms with Crippen molar-refractivity contribution in [3.8, 4) is 11.3 Å². The second-order valence-electron chi connectivity index (χ2n) is 7.71. The second-order valence-corrected chi connectivity index (χ2v) is 8.62. The first-order valence-electron chi connectivity index (χ1n) is 10.0. The summed E-state index contributed by atoms with van der Waals surface area (Å²) in [5.41, 5.74) is 5.75. The molecule has 7 heteroatoms. The maximum Gasteiger partial charge on any atom is 0.335 e. The van der Waals surface area contributed by atoms with Gasteiger partial charge in [-0.15, -0.1) is 0 Å². The van der Waals surface area contributed by atoms with E-state index < -0.39 is 12.0 Å². The quantitative estimate of drug-likeness (QED) is 0.392. The molecule has 2 heterocycles. The van der Waals surface area contributed by atoms with Gasteiger partial charge in [0.2, 0.25) is 0 Å². The molecule has 0 saturated heterocycles. The van der Waals surface area contributed by atoms with Crippen molar-refractivity contribution in [2.75, 3.05) is 4.90 Å².